The van der Waals surface area contributed by atoms with E-state index in [1.807, 2.05) is 48.5 Å². The third-order valence-electron chi connectivity index (χ3n) is 4.64. The average molecular weight is 370 g/mol. The predicted molar refractivity (Wildman–Crippen MR) is 107 cm³/mol. The molecule has 6 heteroatoms. The first-order chi connectivity index (χ1) is 12.6. The molecular formula is C20H22N2O3S. The number of esters is 1. The van der Waals surface area contributed by atoms with Crippen LogP contribution in [0.2, 0.25) is 0 Å². The summed E-state index contributed by atoms with van der Waals surface area (Å²) in [5.41, 5.74) is 2.66. The molecule has 0 spiro atoms. The Labute approximate surface area is 158 Å². The largest absolute Gasteiger partial charge is 0.495 e. The number of rotatable bonds is 3. The molecule has 1 N–H and O–H groups in total. The predicted octanol–water partition coefficient (Wildman–Crippen LogP) is 3.95. The molecular weight excluding hydrogens is 348 g/mol. The number of ether oxygens (including phenoxy) is 2. The molecule has 0 bridgehead atoms. The van der Waals surface area contributed by atoms with Gasteiger partial charge in [-0.15, -0.1) is 0 Å². The van der Waals surface area contributed by atoms with Crippen LogP contribution in [-0.2, 0) is 9.53 Å². The summed E-state index contributed by atoms with van der Waals surface area (Å²) in [6.07, 6.45) is 0.636. The molecule has 0 radical (unpaired) electrons. The maximum absolute atomic E-state index is 12.2. The maximum atomic E-state index is 12.2. The Kier molecular flexibility index (Phi) is 5.42. The number of para-hydroxylation sites is 3. The summed E-state index contributed by atoms with van der Waals surface area (Å²) in [4.78, 5) is 14.3. The van der Waals surface area contributed by atoms with Crippen LogP contribution in [0.15, 0.2) is 48.5 Å². The Balaban J connectivity index is 1.94. The maximum Gasteiger partial charge on any atom is 0.313 e. The highest BCUT2D eigenvalue weighted by Crippen LogP contribution is 2.39. The van der Waals surface area contributed by atoms with E-state index in [0.717, 1.165) is 22.7 Å². The summed E-state index contributed by atoms with van der Waals surface area (Å²) in [7, 11) is 3.05. The Morgan fingerprint density at radius 1 is 1.15 bits per heavy atom. The van der Waals surface area contributed by atoms with Crippen LogP contribution in [0.4, 0.5) is 11.4 Å². The van der Waals surface area contributed by atoms with Crippen molar-refractivity contribution in [3.8, 4) is 5.75 Å². The highest BCUT2D eigenvalue weighted by molar-refractivity contribution is 7.80. The number of anilines is 2. The number of nitrogens with one attached hydrogen (secondary N) is 1. The van der Waals surface area contributed by atoms with E-state index in [-0.39, 0.29) is 17.9 Å². The zero-order valence-corrected chi connectivity index (χ0v) is 15.9. The molecule has 5 nitrogen and oxygen atoms in total. The molecule has 0 aromatic heterocycles. The number of thiocarbonyl (C=S) groups is 1. The first-order valence-electron chi connectivity index (χ1n) is 8.46. The van der Waals surface area contributed by atoms with Gasteiger partial charge in [0.05, 0.1) is 25.8 Å². The summed E-state index contributed by atoms with van der Waals surface area (Å²) in [6, 6.07) is 15.5. The smallest absolute Gasteiger partial charge is 0.313 e. The van der Waals surface area contributed by atoms with E-state index in [1.165, 1.54) is 7.11 Å². The van der Waals surface area contributed by atoms with Gasteiger partial charge in [-0.3, -0.25) is 4.79 Å². The normalized spacial score (nSPS) is 18.7. The number of hydrogen-bond acceptors (Lipinski definition) is 4. The average Bonchev–Trinajstić information content (AvgIpc) is 2.67. The lowest BCUT2D eigenvalue weighted by molar-refractivity contribution is -0.142. The second-order valence-electron chi connectivity index (χ2n) is 6.22. The van der Waals surface area contributed by atoms with Crippen LogP contribution in [0, 0.1) is 0 Å². The minimum absolute atomic E-state index is 0.0451. The van der Waals surface area contributed by atoms with E-state index in [9.17, 15) is 4.79 Å². The fourth-order valence-electron chi connectivity index (χ4n) is 3.41. The van der Waals surface area contributed by atoms with Gasteiger partial charge in [0.2, 0.25) is 0 Å². The van der Waals surface area contributed by atoms with Crippen LogP contribution in [0.5, 0.6) is 5.75 Å². The Morgan fingerprint density at radius 3 is 2.58 bits per heavy atom. The van der Waals surface area contributed by atoms with Crippen molar-refractivity contribution in [3.05, 3.63) is 54.1 Å². The van der Waals surface area contributed by atoms with E-state index < -0.39 is 0 Å². The summed E-state index contributed by atoms with van der Waals surface area (Å²) in [5.74, 6) is 0.226. The molecule has 1 aliphatic heterocycles. The molecule has 2 atom stereocenters. The van der Waals surface area contributed by atoms with Crippen molar-refractivity contribution < 1.29 is 14.3 Å². The van der Waals surface area contributed by atoms with Crippen molar-refractivity contribution >= 4 is 34.7 Å². The minimum atomic E-state index is -0.281. The zero-order valence-electron chi connectivity index (χ0n) is 15.1. The van der Waals surface area contributed by atoms with Crippen molar-refractivity contribution in [1.82, 2.24) is 0 Å². The van der Waals surface area contributed by atoms with E-state index in [1.54, 1.807) is 7.11 Å². The number of carbonyl (C=O) groups is 1. The van der Waals surface area contributed by atoms with Crippen molar-refractivity contribution in [1.29, 1.82) is 0 Å². The fourth-order valence-corrected chi connectivity index (χ4v) is 3.80. The van der Waals surface area contributed by atoms with Gasteiger partial charge in [0, 0.05) is 11.7 Å². The number of nitrogens with zero attached hydrogens (tertiary/aromatic N) is 1. The summed E-state index contributed by atoms with van der Waals surface area (Å²) in [6.45, 7) is 2.06. The van der Waals surface area contributed by atoms with Crippen LogP contribution < -0.4 is 15.0 Å². The van der Waals surface area contributed by atoms with Gasteiger partial charge >= 0.3 is 5.97 Å². The second kappa shape index (κ2) is 7.74. The molecule has 2 aromatic carbocycles. The number of hydrogen-bond donors (Lipinski definition) is 1. The highest BCUT2D eigenvalue weighted by atomic mass is 32.1. The Morgan fingerprint density at radius 2 is 1.85 bits per heavy atom. The number of fused-ring (bicyclic) bond motifs is 1. The molecule has 3 rings (SSSR count). The molecule has 136 valence electrons. The van der Waals surface area contributed by atoms with Crippen LogP contribution in [-0.4, -0.2) is 31.3 Å². The third-order valence-corrected chi connectivity index (χ3v) is 4.94. The van der Waals surface area contributed by atoms with Crippen molar-refractivity contribution in [2.45, 2.75) is 25.3 Å². The lowest BCUT2D eigenvalue weighted by atomic mass is 9.86. The van der Waals surface area contributed by atoms with Gasteiger partial charge in [-0.05, 0) is 49.3 Å². The minimum Gasteiger partial charge on any atom is -0.495 e. The summed E-state index contributed by atoms with van der Waals surface area (Å²) >= 11 is 5.69. The van der Waals surface area contributed by atoms with E-state index in [0.29, 0.717) is 11.5 Å². The first-order valence-corrected chi connectivity index (χ1v) is 8.87. The molecule has 0 amide bonds. The van der Waals surface area contributed by atoms with E-state index in [4.69, 9.17) is 21.7 Å². The Hall–Kier alpha value is -2.60. The van der Waals surface area contributed by atoms with Gasteiger partial charge in [-0.25, -0.2) is 0 Å². The Bertz CT molecular complexity index is 824. The van der Waals surface area contributed by atoms with Crippen molar-refractivity contribution in [2.24, 2.45) is 0 Å². The molecule has 0 saturated carbocycles. The van der Waals surface area contributed by atoms with Gasteiger partial charge in [-0.2, -0.15) is 0 Å². The van der Waals surface area contributed by atoms with Crippen molar-refractivity contribution in [3.63, 3.8) is 0 Å². The number of carbonyl (C=O) groups excluding carboxylic acids is 1. The molecule has 0 fully saturated rings. The molecule has 1 aliphatic rings. The third kappa shape index (κ3) is 3.37. The second-order valence-corrected chi connectivity index (χ2v) is 6.61. The van der Waals surface area contributed by atoms with E-state index in [2.05, 4.69) is 17.1 Å². The monoisotopic (exact) mass is 370 g/mol. The first kappa shape index (κ1) is 18.2. The lowest BCUT2D eigenvalue weighted by Gasteiger charge is -2.40. The molecule has 26 heavy (non-hydrogen) atoms. The number of benzene rings is 2. The van der Waals surface area contributed by atoms with Gasteiger partial charge < -0.3 is 19.7 Å². The van der Waals surface area contributed by atoms with E-state index >= 15 is 0 Å². The number of methoxy groups -OCH3 is 2. The van der Waals surface area contributed by atoms with Gasteiger partial charge in [0.1, 0.15) is 5.75 Å². The van der Waals surface area contributed by atoms with Gasteiger partial charge in [0.15, 0.2) is 5.11 Å². The van der Waals surface area contributed by atoms with Crippen LogP contribution in [0.25, 0.3) is 0 Å². The van der Waals surface area contributed by atoms with Crippen LogP contribution in [0.1, 0.15) is 24.8 Å². The standard InChI is InChI=1S/C20H22N2O3S/c1-13-12-15(19(23)25-3)14-8-4-6-10-17(14)22(13)20(26)21-16-9-5-7-11-18(16)24-2/h4-11,13,15H,12H2,1-3H3,(H,21,26). The van der Waals surface area contributed by atoms with Gasteiger partial charge in [0.25, 0.3) is 0 Å². The summed E-state index contributed by atoms with van der Waals surface area (Å²) in [5, 5.41) is 3.84. The molecule has 2 unspecified atom stereocenters. The highest BCUT2D eigenvalue weighted by Gasteiger charge is 2.36. The quantitative estimate of drug-likeness (QED) is 0.652. The van der Waals surface area contributed by atoms with Gasteiger partial charge in [-0.1, -0.05) is 30.3 Å². The molecule has 0 saturated heterocycles. The van der Waals surface area contributed by atoms with Crippen molar-refractivity contribution in [2.75, 3.05) is 24.4 Å². The fraction of sp³-hybridized carbons (Fsp3) is 0.300. The molecule has 2 aromatic rings. The molecule has 1 heterocycles. The van der Waals surface area contributed by atoms with Crippen LogP contribution >= 0.6 is 12.2 Å². The van der Waals surface area contributed by atoms with Crippen LogP contribution in [0.3, 0.4) is 0 Å². The summed E-state index contributed by atoms with van der Waals surface area (Å²) < 4.78 is 10.4. The SMILES string of the molecule is COC(=O)C1CC(C)N(C(=S)Nc2ccccc2OC)c2ccccc21. The molecule has 0 aliphatic carbocycles. The topological polar surface area (TPSA) is 50.8 Å². The zero-order chi connectivity index (χ0) is 18.7. The lowest BCUT2D eigenvalue weighted by Crippen LogP contribution is -2.46.